The third-order valence-electron chi connectivity index (χ3n) is 2.47. The van der Waals surface area contributed by atoms with Crippen molar-refractivity contribution in [3.8, 4) is 16.9 Å². The summed E-state index contributed by atoms with van der Waals surface area (Å²) in [6.45, 7) is 0. The second kappa shape index (κ2) is 4.66. The zero-order valence-corrected chi connectivity index (χ0v) is 9.78. The minimum atomic E-state index is -1.14. The normalized spacial score (nSPS) is 10.3. The lowest BCUT2D eigenvalue weighted by atomic mass is 10.0. The van der Waals surface area contributed by atoms with Gasteiger partial charge in [-0.1, -0.05) is 11.6 Å². The Hall–Kier alpha value is -2.07. The molecule has 3 nitrogen and oxygen atoms in total. The summed E-state index contributed by atoms with van der Waals surface area (Å²) in [6.07, 6.45) is 0. The number of aromatic hydroxyl groups is 1. The fraction of sp³-hybridized carbons (Fsp3) is 0. The Morgan fingerprint density at radius 2 is 1.78 bits per heavy atom. The molecule has 0 saturated carbocycles. The van der Waals surface area contributed by atoms with Gasteiger partial charge in [0, 0.05) is 11.1 Å². The van der Waals surface area contributed by atoms with Gasteiger partial charge in [-0.05, 0) is 36.4 Å². The molecule has 18 heavy (non-hydrogen) atoms. The summed E-state index contributed by atoms with van der Waals surface area (Å²) < 4.78 is 12.9. The van der Waals surface area contributed by atoms with Crippen molar-refractivity contribution < 1.29 is 19.4 Å². The van der Waals surface area contributed by atoms with Crippen molar-refractivity contribution in [2.45, 2.75) is 0 Å². The van der Waals surface area contributed by atoms with Crippen LogP contribution in [-0.4, -0.2) is 16.2 Å². The Balaban J connectivity index is 2.54. The van der Waals surface area contributed by atoms with Crippen LogP contribution < -0.4 is 0 Å². The van der Waals surface area contributed by atoms with Crippen LogP contribution in [0.25, 0.3) is 11.1 Å². The molecule has 2 rings (SSSR count). The second-order valence-corrected chi connectivity index (χ2v) is 4.07. The largest absolute Gasteiger partial charge is 0.507 e. The van der Waals surface area contributed by atoms with Crippen molar-refractivity contribution in [3.05, 3.63) is 52.8 Å². The number of hydrogen-bond acceptors (Lipinski definition) is 2. The van der Waals surface area contributed by atoms with Gasteiger partial charge in [0.1, 0.15) is 11.6 Å². The van der Waals surface area contributed by atoms with E-state index in [0.29, 0.717) is 11.1 Å². The Kier molecular flexibility index (Phi) is 3.21. The van der Waals surface area contributed by atoms with Crippen LogP contribution in [-0.2, 0) is 0 Å². The van der Waals surface area contributed by atoms with Crippen LogP contribution in [0.1, 0.15) is 10.4 Å². The summed E-state index contributed by atoms with van der Waals surface area (Å²) in [6, 6.07) is 7.66. The van der Waals surface area contributed by atoms with Gasteiger partial charge in [-0.2, -0.15) is 0 Å². The zero-order chi connectivity index (χ0) is 13.3. The molecule has 0 amide bonds. The van der Waals surface area contributed by atoms with Gasteiger partial charge in [-0.15, -0.1) is 0 Å². The van der Waals surface area contributed by atoms with E-state index in [1.165, 1.54) is 24.3 Å². The van der Waals surface area contributed by atoms with E-state index in [1.54, 1.807) is 0 Å². The molecule has 0 spiro atoms. The summed E-state index contributed by atoms with van der Waals surface area (Å²) in [4.78, 5) is 10.7. The minimum absolute atomic E-state index is 0.0329. The topological polar surface area (TPSA) is 57.5 Å². The van der Waals surface area contributed by atoms with Crippen molar-refractivity contribution in [1.82, 2.24) is 0 Å². The SMILES string of the molecule is O=C(O)c1ccc(-c2ccc(F)cc2Cl)c(O)c1. The first-order chi connectivity index (χ1) is 8.49. The van der Waals surface area contributed by atoms with Crippen LogP contribution in [0, 0.1) is 5.82 Å². The summed E-state index contributed by atoms with van der Waals surface area (Å²) in [5.41, 5.74) is 0.756. The predicted octanol–water partition coefficient (Wildman–Crippen LogP) is 3.55. The molecule has 0 saturated heterocycles. The summed E-state index contributed by atoms with van der Waals surface area (Å²) >= 11 is 5.87. The molecular weight excluding hydrogens is 259 g/mol. The second-order valence-electron chi connectivity index (χ2n) is 3.66. The Morgan fingerprint density at radius 3 is 2.33 bits per heavy atom. The minimum Gasteiger partial charge on any atom is -0.507 e. The van der Waals surface area contributed by atoms with Crippen LogP contribution in [0.4, 0.5) is 4.39 Å². The number of carbonyl (C=O) groups is 1. The molecule has 2 aromatic carbocycles. The fourth-order valence-corrected chi connectivity index (χ4v) is 1.87. The summed E-state index contributed by atoms with van der Waals surface area (Å²) in [7, 11) is 0. The summed E-state index contributed by atoms with van der Waals surface area (Å²) in [5.74, 6) is -1.84. The maximum Gasteiger partial charge on any atom is 0.335 e. The van der Waals surface area contributed by atoms with E-state index in [0.717, 1.165) is 12.1 Å². The highest BCUT2D eigenvalue weighted by atomic mass is 35.5. The van der Waals surface area contributed by atoms with E-state index < -0.39 is 11.8 Å². The third kappa shape index (κ3) is 2.28. The quantitative estimate of drug-likeness (QED) is 0.874. The summed E-state index contributed by atoms with van der Waals surface area (Å²) in [5, 5.41) is 18.7. The highest BCUT2D eigenvalue weighted by Gasteiger charge is 2.12. The van der Waals surface area contributed by atoms with Crippen molar-refractivity contribution in [1.29, 1.82) is 0 Å². The molecule has 0 aromatic heterocycles. The maximum atomic E-state index is 12.9. The van der Waals surface area contributed by atoms with Crippen LogP contribution in [0.2, 0.25) is 5.02 Å². The molecule has 0 unspecified atom stereocenters. The first kappa shape index (κ1) is 12.4. The molecule has 0 aliphatic rings. The number of rotatable bonds is 2. The van der Waals surface area contributed by atoms with Gasteiger partial charge in [0.2, 0.25) is 0 Å². The third-order valence-corrected chi connectivity index (χ3v) is 2.78. The van der Waals surface area contributed by atoms with Crippen molar-refractivity contribution in [2.75, 3.05) is 0 Å². The van der Waals surface area contributed by atoms with Crippen molar-refractivity contribution in [2.24, 2.45) is 0 Å². The Labute approximate surface area is 107 Å². The lowest BCUT2D eigenvalue weighted by molar-refractivity contribution is 0.0696. The maximum absolute atomic E-state index is 12.9. The number of benzene rings is 2. The zero-order valence-electron chi connectivity index (χ0n) is 9.02. The molecule has 0 aliphatic heterocycles. The number of hydrogen-bond donors (Lipinski definition) is 2. The molecule has 0 atom stereocenters. The first-order valence-electron chi connectivity index (χ1n) is 5.01. The lowest BCUT2D eigenvalue weighted by Gasteiger charge is -2.07. The molecule has 0 fully saturated rings. The van der Waals surface area contributed by atoms with Gasteiger partial charge < -0.3 is 10.2 Å². The average molecular weight is 267 g/mol. The Morgan fingerprint density at radius 1 is 1.11 bits per heavy atom. The molecule has 92 valence electrons. The van der Waals surface area contributed by atoms with E-state index in [2.05, 4.69) is 0 Å². The van der Waals surface area contributed by atoms with Crippen LogP contribution >= 0.6 is 11.6 Å². The monoisotopic (exact) mass is 266 g/mol. The molecular formula is C13H8ClFO3. The van der Waals surface area contributed by atoms with Gasteiger partial charge in [-0.3, -0.25) is 0 Å². The highest BCUT2D eigenvalue weighted by molar-refractivity contribution is 6.33. The van der Waals surface area contributed by atoms with E-state index in [-0.39, 0.29) is 16.3 Å². The molecule has 0 aliphatic carbocycles. The van der Waals surface area contributed by atoms with E-state index in [9.17, 15) is 14.3 Å². The van der Waals surface area contributed by atoms with E-state index in [4.69, 9.17) is 16.7 Å². The number of phenolic OH excluding ortho intramolecular Hbond substituents is 1. The predicted molar refractivity (Wildman–Crippen MR) is 65.5 cm³/mol. The standard InChI is InChI=1S/C13H8ClFO3/c14-11-6-8(15)2-4-9(11)10-3-1-7(13(17)18)5-12(10)16/h1-6,16H,(H,17,18). The highest BCUT2D eigenvalue weighted by Crippen LogP contribution is 2.35. The van der Waals surface area contributed by atoms with Gasteiger partial charge in [-0.25, -0.2) is 9.18 Å². The van der Waals surface area contributed by atoms with Crippen LogP contribution in [0.3, 0.4) is 0 Å². The van der Waals surface area contributed by atoms with E-state index >= 15 is 0 Å². The van der Waals surface area contributed by atoms with Crippen molar-refractivity contribution >= 4 is 17.6 Å². The van der Waals surface area contributed by atoms with E-state index in [1.807, 2.05) is 0 Å². The van der Waals surface area contributed by atoms with Crippen LogP contribution in [0.5, 0.6) is 5.75 Å². The molecule has 5 heteroatoms. The van der Waals surface area contributed by atoms with Crippen molar-refractivity contribution in [3.63, 3.8) is 0 Å². The number of carboxylic acids is 1. The number of phenols is 1. The van der Waals surface area contributed by atoms with Gasteiger partial charge in [0.05, 0.1) is 10.6 Å². The number of aromatic carboxylic acids is 1. The van der Waals surface area contributed by atoms with Gasteiger partial charge in [0.15, 0.2) is 0 Å². The average Bonchev–Trinajstić information content (AvgIpc) is 2.30. The fourth-order valence-electron chi connectivity index (χ4n) is 1.60. The molecule has 0 heterocycles. The smallest absolute Gasteiger partial charge is 0.335 e. The molecule has 2 N–H and O–H groups in total. The first-order valence-corrected chi connectivity index (χ1v) is 5.38. The Bertz CT molecular complexity index is 626. The molecule has 0 bridgehead atoms. The van der Waals surface area contributed by atoms with Crippen LogP contribution in [0.15, 0.2) is 36.4 Å². The lowest BCUT2D eigenvalue weighted by Crippen LogP contribution is -1.95. The number of halogens is 2. The molecule has 2 aromatic rings. The number of carboxylic acid groups (broad SMARTS) is 1. The van der Waals surface area contributed by atoms with Gasteiger partial charge >= 0.3 is 5.97 Å². The molecule has 0 radical (unpaired) electrons. The van der Waals surface area contributed by atoms with Gasteiger partial charge in [0.25, 0.3) is 0 Å².